The Morgan fingerprint density at radius 3 is 2.51 bits per heavy atom. The molecule has 3 aromatic carbocycles. The third-order valence-electron chi connectivity index (χ3n) is 6.44. The largest absolute Gasteiger partial charge is 0.492 e. The van der Waals surface area contributed by atoms with Crippen LogP contribution in [0.3, 0.4) is 0 Å². The first-order chi connectivity index (χ1) is 18.0. The molecular formula is C31H37N3O3. The molecule has 1 N–H and O–H groups in total. The summed E-state index contributed by atoms with van der Waals surface area (Å²) in [5.41, 5.74) is 5.53. The number of hydrogen-bond acceptors (Lipinski definition) is 4. The van der Waals surface area contributed by atoms with Crippen molar-refractivity contribution in [2.24, 2.45) is 0 Å². The van der Waals surface area contributed by atoms with E-state index in [-0.39, 0.29) is 12.5 Å². The zero-order chi connectivity index (χ0) is 26.0. The molecule has 0 spiro atoms. The molecule has 0 aliphatic carbocycles. The van der Waals surface area contributed by atoms with Gasteiger partial charge >= 0.3 is 0 Å². The number of amides is 1. The summed E-state index contributed by atoms with van der Waals surface area (Å²) in [6, 6.07) is 22.4. The van der Waals surface area contributed by atoms with E-state index in [9.17, 15) is 4.79 Å². The van der Waals surface area contributed by atoms with Crippen LogP contribution >= 0.6 is 0 Å². The number of rotatable bonds is 13. The Morgan fingerprint density at radius 1 is 0.892 bits per heavy atom. The number of nitrogens with zero attached hydrogens (tertiary/aromatic N) is 2. The molecule has 1 aromatic heterocycles. The monoisotopic (exact) mass is 499 g/mol. The molecule has 194 valence electrons. The summed E-state index contributed by atoms with van der Waals surface area (Å²) >= 11 is 0. The Morgan fingerprint density at radius 2 is 1.68 bits per heavy atom. The van der Waals surface area contributed by atoms with Gasteiger partial charge in [0.25, 0.3) is 5.91 Å². The van der Waals surface area contributed by atoms with Crippen molar-refractivity contribution in [3.63, 3.8) is 0 Å². The second kappa shape index (κ2) is 12.9. The zero-order valence-corrected chi connectivity index (χ0v) is 22.1. The van der Waals surface area contributed by atoms with Crippen LogP contribution in [0.15, 0.2) is 66.7 Å². The van der Waals surface area contributed by atoms with Gasteiger partial charge in [0.15, 0.2) is 6.61 Å². The van der Waals surface area contributed by atoms with Crippen LogP contribution in [0.2, 0.25) is 0 Å². The minimum atomic E-state index is -0.0868. The first kappa shape index (κ1) is 26.3. The first-order valence-electron chi connectivity index (χ1n) is 13.1. The van der Waals surface area contributed by atoms with E-state index in [0.717, 1.165) is 71.7 Å². The smallest absolute Gasteiger partial charge is 0.257 e. The van der Waals surface area contributed by atoms with Crippen LogP contribution in [0, 0.1) is 20.8 Å². The van der Waals surface area contributed by atoms with E-state index in [1.807, 2.05) is 50.2 Å². The van der Waals surface area contributed by atoms with E-state index in [1.54, 1.807) is 0 Å². The number of fused-ring (bicyclic) bond motifs is 1. The Kier molecular flexibility index (Phi) is 9.19. The first-order valence-corrected chi connectivity index (χ1v) is 13.1. The number of nitrogens with one attached hydrogen (secondary N) is 1. The third-order valence-corrected chi connectivity index (χ3v) is 6.44. The van der Waals surface area contributed by atoms with Gasteiger partial charge in [0.05, 0.1) is 17.6 Å². The number of hydrogen-bond donors (Lipinski definition) is 1. The topological polar surface area (TPSA) is 65.4 Å². The molecule has 0 aliphatic heterocycles. The van der Waals surface area contributed by atoms with Gasteiger partial charge in [-0.1, -0.05) is 48.4 Å². The molecule has 6 heteroatoms. The molecule has 0 saturated carbocycles. The van der Waals surface area contributed by atoms with Gasteiger partial charge in [-0.25, -0.2) is 4.98 Å². The van der Waals surface area contributed by atoms with Crippen LogP contribution in [0.25, 0.3) is 11.0 Å². The van der Waals surface area contributed by atoms with Gasteiger partial charge in [-0.3, -0.25) is 4.79 Å². The quantitative estimate of drug-likeness (QED) is 0.231. The number of para-hydroxylation sites is 2. The molecule has 0 aliphatic rings. The summed E-state index contributed by atoms with van der Waals surface area (Å²) in [4.78, 5) is 17.1. The van der Waals surface area contributed by atoms with Gasteiger partial charge in [-0.05, 0) is 75.1 Å². The van der Waals surface area contributed by atoms with Gasteiger partial charge < -0.3 is 19.4 Å². The van der Waals surface area contributed by atoms with Crippen molar-refractivity contribution in [3.8, 4) is 11.5 Å². The predicted molar refractivity (Wildman–Crippen MR) is 148 cm³/mol. The number of carbonyl (C=O) groups is 1. The number of aromatic nitrogens is 2. The fourth-order valence-electron chi connectivity index (χ4n) is 4.32. The van der Waals surface area contributed by atoms with E-state index < -0.39 is 0 Å². The molecule has 0 bridgehead atoms. The maximum absolute atomic E-state index is 12.2. The van der Waals surface area contributed by atoms with Crippen LogP contribution < -0.4 is 14.8 Å². The van der Waals surface area contributed by atoms with Crippen molar-refractivity contribution in [2.45, 2.75) is 53.0 Å². The Balaban J connectivity index is 1.20. The Labute approximate surface area is 219 Å². The highest BCUT2D eigenvalue weighted by atomic mass is 16.5. The zero-order valence-electron chi connectivity index (χ0n) is 22.1. The second-order valence-electron chi connectivity index (χ2n) is 9.55. The minimum Gasteiger partial charge on any atom is -0.492 e. The van der Waals surface area contributed by atoms with Crippen molar-refractivity contribution in [3.05, 3.63) is 89.2 Å². The van der Waals surface area contributed by atoms with Crippen LogP contribution in [0.5, 0.6) is 11.5 Å². The van der Waals surface area contributed by atoms with Crippen molar-refractivity contribution in [1.82, 2.24) is 14.9 Å². The molecule has 4 rings (SSSR count). The van der Waals surface area contributed by atoms with E-state index in [4.69, 9.17) is 14.5 Å². The average molecular weight is 500 g/mol. The highest BCUT2D eigenvalue weighted by molar-refractivity contribution is 5.77. The van der Waals surface area contributed by atoms with Gasteiger partial charge in [-0.15, -0.1) is 0 Å². The van der Waals surface area contributed by atoms with Crippen molar-refractivity contribution >= 4 is 16.9 Å². The normalized spacial score (nSPS) is 11.0. The van der Waals surface area contributed by atoms with E-state index in [0.29, 0.717) is 13.2 Å². The molecule has 1 heterocycles. The number of unbranched alkanes of at least 4 members (excludes halogenated alkanes) is 2. The van der Waals surface area contributed by atoms with Crippen LogP contribution in [-0.2, 0) is 17.8 Å². The Hall–Kier alpha value is -3.80. The lowest BCUT2D eigenvalue weighted by atomic mass is 10.1. The van der Waals surface area contributed by atoms with Crippen LogP contribution in [0.1, 0.15) is 41.8 Å². The number of imidazole rings is 1. The maximum Gasteiger partial charge on any atom is 0.257 e. The van der Waals surface area contributed by atoms with E-state index in [2.05, 4.69) is 47.1 Å². The summed E-state index contributed by atoms with van der Waals surface area (Å²) in [7, 11) is 0. The van der Waals surface area contributed by atoms with Crippen LogP contribution in [0.4, 0.5) is 0 Å². The highest BCUT2D eigenvalue weighted by Gasteiger charge is 2.11. The van der Waals surface area contributed by atoms with Gasteiger partial charge in [0, 0.05) is 13.0 Å². The number of ether oxygens (including phenoxy) is 2. The Bertz CT molecular complexity index is 1310. The van der Waals surface area contributed by atoms with Crippen LogP contribution in [-0.4, -0.2) is 35.2 Å². The van der Waals surface area contributed by atoms with Crippen molar-refractivity contribution in [2.75, 3.05) is 19.8 Å². The van der Waals surface area contributed by atoms with Crippen molar-refractivity contribution in [1.29, 1.82) is 0 Å². The van der Waals surface area contributed by atoms with E-state index in [1.165, 1.54) is 5.56 Å². The summed E-state index contributed by atoms with van der Waals surface area (Å²) in [6.45, 7) is 8.10. The number of carbonyl (C=O) groups excluding carboxylic acids is 1. The lowest BCUT2D eigenvalue weighted by Gasteiger charge is -2.11. The molecule has 6 nitrogen and oxygen atoms in total. The molecule has 4 aromatic rings. The molecule has 37 heavy (non-hydrogen) atoms. The van der Waals surface area contributed by atoms with Gasteiger partial charge in [0.1, 0.15) is 23.9 Å². The summed E-state index contributed by atoms with van der Waals surface area (Å²) in [5.74, 6) is 2.65. The predicted octanol–water partition coefficient (Wildman–Crippen LogP) is 5.95. The number of aryl methyl sites for hydroxylation is 4. The molecule has 0 fully saturated rings. The molecule has 0 atom stereocenters. The van der Waals surface area contributed by atoms with Gasteiger partial charge in [0.2, 0.25) is 0 Å². The van der Waals surface area contributed by atoms with Gasteiger partial charge in [-0.2, -0.15) is 0 Å². The van der Waals surface area contributed by atoms with E-state index >= 15 is 0 Å². The summed E-state index contributed by atoms with van der Waals surface area (Å²) in [5, 5.41) is 2.96. The minimum absolute atomic E-state index is 0.0407. The standard InChI is InChI=1S/C31H37N3O3/c1-23-13-16-26(17-14-23)36-20-19-34-28-10-7-6-9-27(28)33-30(34)11-5-4-8-18-32-31(35)22-37-29-21-24(2)12-15-25(29)3/h6-7,9-10,12-17,21H,4-5,8,11,18-20,22H2,1-3H3,(H,32,35). The maximum atomic E-state index is 12.2. The second-order valence-corrected chi connectivity index (χ2v) is 9.55. The molecule has 0 radical (unpaired) electrons. The highest BCUT2D eigenvalue weighted by Crippen LogP contribution is 2.20. The number of benzene rings is 3. The molecule has 0 unspecified atom stereocenters. The fraction of sp³-hybridized carbons (Fsp3) is 0.355. The SMILES string of the molecule is Cc1ccc(OCCn2c(CCCCCNC(=O)COc3cc(C)ccc3C)nc3ccccc32)cc1. The fourth-order valence-corrected chi connectivity index (χ4v) is 4.32. The third kappa shape index (κ3) is 7.59. The lowest BCUT2D eigenvalue weighted by molar-refractivity contribution is -0.123. The lowest BCUT2D eigenvalue weighted by Crippen LogP contribution is -2.29. The van der Waals surface area contributed by atoms with Crippen molar-refractivity contribution < 1.29 is 14.3 Å². The summed E-state index contributed by atoms with van der Waals surface area (Å²) in [6.07, 6.45) is 3.84. The molecule has 0 saturated heterocycles. The molecule has 1 amide bonds. The summed E-state index contributed by atoms with van der Waals surface area (Å²) < 4.78 is 13.9. The average Bonchev–Trinajstić information content (AvgIpc) is 3.25. The molecular weight excluding hydrogens is 462 g/mol.